The van der Waals surface area contributed by atoms with Crippen LogP contribution in [0.15, 0.2) is 0 Å². The lowest BCUT2D eigenvalue weighted by Gasteiger charge is -2.15. The zero-order valence-electron chi connectivity index (χ0n) is 25.0. The molecule has 0 rings (SSSR count). The van der Waals surface area contributed by atoms with Crippen molar-refractivity contribution in [3.8, 4) is 0 Å². The van der Waals surface area contributed by atoms with E-state index in [1.54, 1.807) is 0 Å². The van der Waals surface area contributed by atoms with E-state index in [0.29, 0.717) is 54.8 Å². The molecule has 11 nitrogen and oxygen atoms in total. The zero-order valence-corrected chi connectivity index (χ0v) is 25.0. The molecule has 232 valence electrons. The summed E-state index contributed by atoms with van der Waals surface area (Å²) in [6.45, 7) is 7.32. The molecule has 0 spiro atoms. The highest BCUT2D eigenvalue weighted by atomic mass is 16.5. The molecular formula is C29H54N4O7. The van der Waals surface area contributed by atoms with E-state index in [-0.39, 0.29) is 56.4 Å². The van der Waals surface area contributed by atoms with Crippen LogP contribution in [0.5, 0.6) is 0 Å². The highest BCUT2D eigenvalue weighted by molar-refractivity contribution is 5.84. The predicted octanol–water partition coefficient (Wildman–Crippen LogP) is 4.14. The maximum Gasteiger partial charge on any atom is 0.246 e. The lowest BCUT2D eigenvalue weighted by atomic mass is 10.1. The molecule has 0 atom stereocenters. The lowest BCUT2D eigenvalue weighted by molar-refractivity contribution is -0.166. The van der Waals surface area contributed by atoms with Gasteiger partial charge in [0.2, 0.25) is 23.6 Å². The van der Waals surface area contributed by atoms with E-state index in [1.165, 1.54) is 6.92 Å². The average Bonchev–Trinajstić information content (AvgIpc) is 2.90. The number of Topliss-reactive ketones (excluding diaryl/α,β-unsaturated/α-hetero) is 1. The van der Waals surface area contributed by atoms with Gasteiger partial charge < -0.3 is 10.6 Å². The molecule has 0 saturated heterocycles. The summed E-state index contributed by atoms with van der Waals surface area (Å²) < 4.78 is 0. The maximum atomic E-state index is 12.0. The Kier molecular flexibility index (Phi) is 22.7. The molecule has 0 aliphatic carbocycles. The van der Waals surface area contributed by atoms with Crippen molar-refractivity contribution in [3.05, 3.63) is 0 Å². The van der Waals surface area contributed by atoms with Crippen molar-refractivity contribution in [2.75, 3.05) is 26.2 Å². The van der Waals surface area contributed by atoms with E-state index in [2.05, 4.69) is 24.5 Å². The minimum atomic E-state index is -0.477. The second kappa shape index (κ2) is 24.3. The fourth-order valence-corrected chi connectivity index (χ4v) is 4.03. The number of hydrogen-bond acceptors (Lipinski definition) is 7. The summed E-state index contributed by atoms with van der Waals surface area (Å²) >= 11 is 0. The first-order valence-corrected chi connectivity index (χ1v) is 15.0. The summed E-state index contributed by atoms with van der Waals surface area (Å²) in [4.78, 5) is 58.7. The van der Waals surface area contributed by atoms with Crippen LogP contribution in [-0.4, -0.2) is 76.1 Å². The van der Waals surface area contributed by atoms with E-state index >= 15 is 0 Å². The van der Waals surface area contributed by atoms with Crippen LogP contribution in [0.25, 0.3) is 0 Å². The molecule has 0 aromatic heterocycles. The summed E-state index contributed by atoms with van der Waals surface area (Å²) in [5.74, 6) is -0.582. The third-order valence-corrected chi connectivity index (χ3v) is 6.54. The van der Waals surface area contributed by atoms with Gasteiger partial charge in [0, 0.05) is 65.2 Å². The monoisotopic (exact) mass is 570 g/mol. The van der Waals surface area contributed by atoms with Gasteiger partial charge in [-0.05, 0) is 44.4 Å². The first-order chi connectivity index (χ1) is 19.0. The second-order valence-electron chi connectivity index (χ2n) is 10.9. The molecule has 11 heteroatoms. The Morgan fingerprint density at radius 1 is 0.600 bits per heavy atom. The van der Waals surface area contributed by atoms with Crippen LogP contribution in [0.1, 0.15) is 124 Å². The fraction of sp³-hybridized carbons (Fsp3) is 0.828. The molecule has 0 heterocycles. The molecule has 0 bridgehead atoms. The molecule has 0 radical (unpaired) electrons. The molecule has 4 amide bonds. The fourth-order valence-electron chi connectivity index (χ4n) is 4.03. The standard InChI is InChI=1S/C29H54N4O7/c1-24(2)14-8-6-12-22-33(40)29(38)19-17-27(36)31-21-11-7-13-23-32(39)28(37)18-16-26(35)15-9-4-5-10-20-30-25(3)34/h24,39-40H,4-23H2,1-3H3,(H,30,34)(H,31,36). The number of ketones is 1. The van der Waals surface area contributed by atoms with Gasteiger partial charge >= 0.3 is 0 Å². The van der Waals surface area contributed by atoms with Crippen LogP contribution in [-0.2, 0) is 24.0 Å². The summed E-state index contributed by atoms with van der Waals surface area (Å²) in [6, 6.07) is 0. The Bertz CT molecular complexity index is 746. The number of carbonyl (C=O) groups is 5. The maximum absolute atomic E-state index is 12.0. The highest BCUT2D eigenvalue weighted by Gasteiger charge is 2.14. The van der Waals surface area contributed by atoms with Crippen LogP contribution in [0.4, 0.5) is 0 Å². The predicted molar refractivity (Wildman–Crippen MR) is 152 cm³/mol. The van der Waals surface area contributed by atoms with E-state index in [1.807, 2.05) is 0 Å². The van der Waals surface area contributed by atoms with E-state index in [9.17, 15) is 34.4 Å². The number of rotatable bonds is 25. The van der Waals surface area contributed by atoms with Crippen molar-refractivity contribution in [3.63, 3.8) is 0 Å². The number of carbonyl (C=O) groups excluding carboxylic acids is 5. The van der Waals surface area contributed by atoms with Crippen LogP contribution in [0.2, 0.25) is 0 Å². The molecule has 0 aromatic carbocycles. The van der Waals surface area contributed by atoms with Crippen molar-refractivity contribution in [2.24, 2.45) is 5.92 Å². The Morgan fingerprint density at radius 3 is 1.68 bits per heavy atom. The first kappa shape index (κ1) is 37.5. The minimum absolute atomic E-state index is 0.00449. The lowest BCUT2D eigenvalue weighted by Crippen LogP contribution is -2.31. The number of hydrogen-bond donors (Lipinski definition) is 4. The molecule has 0 aromatic rings. The van der Waals surface area contributed by atoms with E-state index in [0.717, 1.165) is 51.4 Å². The SMILES string of the molecule is CC(=O)NCCCCCCC(=O)CCC(=O)N(O)CCCCCNC(=O)CCC(=O)N(O)CCCCCC(C)C. The third-order valence-electron chi connectivity index (χ3n) is 6.54. The summed E-state index contributed by atoms with van der Waals surface area (Å²) in [6.07, 6.45) is 9.72. The second-order valence-corrected chi connectivity index (χ2v) is 10.9. The first-order valence-electron chi connectivity index (χ1n) is 15.0. The molecule has 4 N–H and O–H groups in total. The molecule has 0 saturated carbocycles. The van der Waals surface area contributed by atoms with Gasteiger partial charge in [0.15, 0.2) is 0 Å². The molecular weight excluding hydrogens is 516 g/mol. The Balaban J connectivity index is 3.73. The molecule has 0 unspecified atom stereocenters. The van der Waals surface area contributed by atoms with Gasteiger partial charge in [0.25, 0.3) is 0 Å². The quantitative estimate of drug-likeness (QED) is 0.0730. The van der Waals surface area contributed by atoms with Gasteiger partial charge in [0.1, 0.15) is 5.78 Å². The van der Waals surface area contributed by atoms with Gasteiger partial charge in [-0.2, -0.15) is 0 Å². The topological polar surface area (TPSA) is 156 Å². The normalized spacial score (nSPS) is 10.8. The van der Waals surface area contributed by atoms with Crippen LogP contribution >= 0.6 is 0 Å². The number of amides is 4. The molecule has 0 aliphatic heterocycles. The summed E-state index contributed by atoms with van der Waals surface area (Å²) in [5.41, 5.74) is 0. The zero-order chi connectivity index (χ0) is 30.2. The van der Waals surface area contributed by atoms with Gasteiger partial charge in [-0.3, -0.25) is 34.4 Å². The van der Waals surface area contributed by atoms with E-state index < -0.39 is 11.8 Å². The van der Waals surface area contributed by atoms with E-state index in [4.69, 9.17) is 0 Å². The van der Waals surface area contributed by atoms with Crippen molar-refractivity contribution in [1.29, 1.82) is 0 Å². The van der Waals surface area contributed by atoms with Gasteiger partial charge in [0.05, 0.1) is 0 Å². The Morgan fingerprint density at radius 2 is 1.10 bits per heavy atom. The van der Waals surface area contributed by atoms with Gasteiger partial charge in [-0.25, -0.2) is 10.1 Å². The molecule has 0 aliphatic rings. The number of nitrogens with zero attached hydrogens (tertiary/aromatic N) is 2. The minimum Gasteiger partial charge on any atom is -0.356 e. The van der Waals surface area contributed by atoms with Crippen molar-refractivity contribution in [1.82, 2.24) is 20.8 Å². The summed E-state index contributed by atoms with van der Waals surface area (Å²) in [7, 11) is 0. The third kappa shape index (κ3) is 23.4. The Labute approximate surface area is 240 Å². The highest BCUT2D eigenvalue weighted by Crippen LogP contribution is 2.09. The number of unbranched alkanes of at least 4 members (excludes halogenated alkanes) is 7. The average molecular weight is 571 g/mol. The Hall–Kier alpha value is -2.53. The van der Waals surface area contributed by atoms with Crippen LogP contribution in [0.3, 0.4) is 0 Å². The van der Waals surface area contributed by atoms with Crippen LogP contribution < -0.4 is 10.6 Å². The van der Waals surface area contributed by atoms with Crippen molar-refractivity contribution < 1.29 is 34.4 Å². The van der Waals surface area contributed by atoms with Crippen molar-refractivity contribution in [2.45, 2.75) is 124 Å². The summed E-state index contributed by atoms with van der Waals surface area (Å²) in [5, 5.41) is 26.5. The van der Waals surface area contributed by atoms with Gasteiger partial charge in [-0.1, -0.05) is 46.0 Å². The smallest absolute Gasteiger partial charge is 0.246 e. The largest absolute Gasteiger partial charge is 0.356 e. The van der Waals surface area contributed by atoms with Crippen molar-refractivity contribution >= 4 is 29.4 Å². The number of hydroxylamine groups is 4. The van der Waals surface area contributed by atoms with Gasteiger partial charge in [-0.15, -0.1) is 0 Å². The number of nitrogens with one attached hydrogen (secondary N) is 2. The molecule has 40 heavy (non-hydrogen) atoms. The molecule has 0 fully saturated rings. The van der Waals surface area contributed by atoms with Crippen LogP contribution in [0, 0.1) is 5.92 Å².